The number of carbonyl (C=O) groups excluding carboxylic acids is 3. The second kappa shape index (κ2) is 67.0. The van der Waals surface area contributed by atoms with Crippen LogP contribution in [0, 0.1) is 0 Å². The lowest BCUT2D eigenvalue weighted by molar-refractivity contribution is -0.167. The minimum absolute atomic E-state index is 0.112. The van der Waals surface area contributed by atoms with Crippen LogP contribution in [0.5, 0.6) is 0 Å². The van der Waals surface area contributed by atoms with Crippen molar-refractivity contribution in [1.29, 1.82) is 0 Å². The Morgan fingerprint density at radius 1 is 0.259 bits per heavy atom. The fourth-order valence-corrected chi connectivity index (χ4v) is 8.11. The third-order valence-corrected chi connectivity index (χ3v) is 12.9. The van der Waals surface area contributed by atoms with E-state index in [1.54, 1.807) is 0 Å². The van der Waals surface area contributed by atoms with Crippen LogP contribution in [-0.4, -0.2) is 37.2 Å². The molecule has 452 valence electrons. The van der Waals surface area contributed by atoms with Crippen LogP contribution in [0.4, 0.5) is 0 Å². The number of hydrogen-bond donors (Lipinski definition) is 0. The van der Waals surface area contributed by atoms with Gasteiger partial charge in [0, 0.05) is 19.3 Å². The Morgan fingerprint density at radius 3 is 0.765 bits per heavy atom. The summed E-state index contributed by atoms with van der Waals surface area (Å²) in [6.07, 6.45) is 100. The molecule has 0 saturated heterocycles. The predicted molar refractivity (Wildman–Crippen MR) is 352 cm³/mol. The van der Waals surface area contributed by atoms with Gasteiger partial charge in [0.1, 0.15) is 13.2 Å². The molecular formula is C75H116O6. The Hall–Kier alpha value is -5.49. The maximum Gasteiger partial charge on any atom is 0.306 e. The zero-order valence-corrected chi connectivity index (χ0v) is 51.7. The van der Waals surface area contributed by atoms with E-state index < -0.39 is 6.10 Å². The van der Waals surface area contributed by atoms with E-state index in [-0.39, 0.29) is 37.5 Å². The number of esters is 3. The minimum atomic E-state index is -0.819. The topological polar surface area (TPSA) is 78.9 Å². The average molecular weight is 1110 g/mol. The van der Waals surface area contributed by atoms with Crippen LogP contribution in [0.25, 0.3) is 0 Å². The summed E-state index contributed by atoms with van der Waals surface area (Å²) in [5.41, 5.74) is 0. The van der Waals surface area contributed by atoms with E-state index in [1.807, 2.05) is 0 Å². The molecular weight excluding hydrogens is 997 g/mol. The number of ether oxygens (including phenoxy) is 3. The van der Waals surface area contributed by atoms with E-state index in [0.29, 0.717) is 19.3 Å². The van der Waals surface area contributed by atoms with Gasteiger partial charge >= 0.3 is 17.9 Å². The smallest absolute Gasteiger partial charge is 0.306 e. The Bertz CT molecular complexity index is 1900. The summed E-state index contributed by atoms with van der Waals surface area (Å²) < 4.78 is 16.9. The van der Waals surface area contributed by atoms with E-state index in [0.717, 1.165) is 186 Å². The van der Waals surface area contributed by atoms with E-state index in [2.05, 4.69) is 203 Å². The first-order chi connectivity index (χ1) is 40.0. The number of rotatable bonds is 56. The van der Waals surface area contributed by atoms with E-state index in [1.165, 1.54) is 19.3 Å². The second-order valence-corrected chi connectivity index (χ2v) is 20.5. The molecule has 0 aromatic rings. The molecule has 0 aliphatic carbocycles. The Morgan fingerprint density at radius 2 is 0.481 bits per heavy atom. The quantitative estimate of drug-likeness (QED) is 0.0261. The van der Waals surface area contributed by atoms with Crippen molar-refractivity contribution in [3.8, 4) is 0 Å². The highest BCUT2D eigenvalue weighted by molar-refractivity contribution is 5.71. The van der Waals surface area contributed by atoms with Gasteiger partial charge in [0.2, 0.25) is 0 Å². The van der Waals surface area contributed by atoms with Crippen molar-refractivity contribution < 1.29 is 28.6 Å². The van der Waals surface area contributed by atoms with Crippen molar-refractivity contribution in [3.05, 3.63) is 182 Å². The summed E-state index contributed by atoms with van der Waals surface area (Å²) in [5, 5.41) is 0. The van der Waals surface area contributed by atoms with Crippen molar-refractivity contribution in [2.45, 2.75) is 258 Å². The summed E-state index contributed by atoms with van der Waals surface area (Å²) in [4.78, 5) is 38.3. The molecule has 0 N–H and O–H groups in total. The normalized spacial score (nSPS) is 13.4. The van der Waals surface area contributed by atoms with E-state index in [9.17, 15) is 14.4 Å². The molecule has 0 saturated carbocycles. The summed E-state index contributed by atoms with van der Waals surface area (Å²) in [6, 6.07) is 0. The summed E-state index contributed by atoms with van der Waals surface area (Å²) in [5.74, 6) is -0.980. The van der Waals surface area contributed by atoms with Crippen molar-refractivity contribution in [1.82, 2.24) is 0 Å². The number of unbranched alkanes of at least 4 members (excludes halogenated alkanes) is 15. The average Bonchev–Trinajstić information content (AvgIpc) is 3.46. The Labute approximate surface area is 497 Å². The maximum atomic E-state index is 12.9. The molecule has 1 atom stereocenters. The van der Waals surface area contributed by atoms with Crippen LogP contribution < -0.4 is 0 Å². The van der Waals surface area contributed by atoms with Gasteiger partial charge in [0.25, 0.3) is 0 Å². The predicted octanol–water partition coefficient (Wildman–Crippen LogP) is 22.4. The number of hydrogen-bond acceptors (Lipinski definition) is 6. The van der Waals surface area contributed by atoms with Gasteiger partial charge < -0.3 is 14.2 Å². The third-order valence-electron chi connectivity index (χ3n) is 12.9. The highest BCUT2D eigenvalue weighted by Gasteiger charge is 2.19. The van der Waals surface area contributed by atoms with Crippen molar-refractivity contribution in [3.63, 3.8) is 0 Å². The summed E-state index contributed by atoms with van der Waals surface area (Å²) >= 11 is 0. The fraction of sp³-hybridized carbons (Fsp3) is 0.560. The molecule has 0 aromatic carbocycles. The van der Waals surface area contributed by atoms with Crippen molar-refractivity contribution >= 4 is 17.9 Å². The molecule has 1 unspecified atom stereocenters. The molecule has 0 spiro atoms. The van der Waals surface area contributed by atoms with Gasteiger partial charge in [-0.05, 0) is 154 Å². The minimum Gasteiger partial charge on any atom is -0.462 e. The Kier molecular flexibility index (Phi) is 62.5. The zero-order chi connectivity index (χ0) is 58.5. The van der Waals surface area contributed by atoms with Crippen LogP contribution in [-0.2, 0) is 28.6 Å². The lowest BCUT2D eigenvalue weighted by atomic mass is 10.1. The molecule has 0 aliphatic rings. The van der Waals surface area contributed by atoms with Crippen molar-refractivity contribution in [2.24, 2.45) is 0 Å². The van der Waals surface area contributed by atoms with Gasteiger partial charge in [0.05, 0.1) is 0 Å². The first-order valence-electron chi connectivity index (χ1n) is 32.3. The van der Waals surface area contributed by atoms with E-state index in [4.69, 9.17) is 14.2 Å². The maximum absolute atomic E-state index is 12.9. The van der Waals surface area contributed by atoms with Gasteiger partial charge in [0.15, 0.2) is 6.10 Å². The number of carbonyl (C=O) groups is 3. The van der Waals surface area contributed by atoms with Gasteiger partial charge in [-0.3, -0.25) is 14.4 Å². The molecule has 0 fully saturated rings. The fourth-order valence-electron chi connectivity index (χ4n) is 8.11. The van der Waals surface area contributed by atoms with Gasteiger partial charge in [-0.25, -0.2) is 0 Å². The first-order valence-corrected chi connectivity index (χ1v) is 32.3. The standard InChI is InChI=1S/C75H116O6/c1-4-7-10-13-16-19-22-25-27-29-31-32-33-34-35-36-37-38-39-40-41-42-44-45-47-50-53-56-59-62-65-68-74(77)80-71-72(70-79-73(76)67-64-61-58-55-52-49-24-21-18-15-12-9-6-3)81-75(78)69-66-63-60-57-54-51-48-46-43-30-28-26-23-20-17-14-11-8-5-2/h7-8,10-12,15-17,19-21,24-28,31-32,34-35,37-38,40-41,43-46,51,54,72H,4-6,9,13-14,18,22-23,29-30,33,36,39,42,47-50,52-53,55-71H2,1-3H3/b10-7-,11-8-,15-12-,19-16-,20-17-,24-21-,27-25-,28-26-,32-31-,35-34-,38-37-,41-40-,45-44-,46-43-,54-51-. The second-order valence-electron chi connectivity index (χ2n) is 20.5. The highest BCUT2D eigenvalue weighted by atomic mass is 16.6. The van der Waals surface area contributed by atoms with Gasteiger partial charge in [-0.2, -0.15) is 0 Å². The largest absolute Gasteiger partial charge is 0.462 e. The lowest BCUT2D eigenvalue weighted by Gasteiger charge is -2.18. The molecule has 0 bridgehead atoms. The molecule has 0 amide bonds. The van der Waals surface area contributed by atoms with E-state index >= 15 is 0 Å². The molecule has 0 heterocycles. The Balaban J connectivity index is 4.43. The third kappa shape index (κ3) is 65.2. The zero-order valence-electron chi connectivity index (χ0n) is 51.7. The molecule has 6 heteroatoms. The highest BCUT2D eigenvalue weighted by Crippen LogP contribution is 2.13. The monoisotopic (exact) mass is 1110 g/mol. The van der Waals surface area contributed by atoms with Crippen LogP contribution in [0.15, 0.2) is 182 Å². The van der Waals surface area contributed by atoms with Crippen LogP contribution in [0.1, 0.15) is 252 Å². The van der Waals surface area contributed by atoms with Crippen molar-refractivity contribution in [2.75, 3.05) is 13.2 Å². The molecule has 0 aromatic heterocycles. The SMILES string of the molecule is CC/C=C\C/C=C\C/C=C\C/C=C\C/C=C\C/C=C\C/C=C\C/C=C\CCCCCCCCC(=O)OCC(COC(=O)CCCCCCC/C=C\C/C=C\CCC)OC(=O)CCCCC/C=C\C/C=C\C/C=C\C/C=C\C/C=C\CC. The van der Waals surface area contributed by atoms with Crippen LogP contribution in [0.2, 0.25) is 0 Å². The molecule has 0 rings (SSSR count). The van der Waals surface area contributed by atoms with Crippen LogP contribution in [0.3, 0.4) is 0 Å². The lowest BCUT2D eigenvalue weighted by Crippen LogP contribution is -2.30. The molecule has 0 aliphatic heterocycles. The first kappa shape index (κ1) is 75.5. The van der Waals surface area contributed by atoms with Gasteiger partial charge in [-0.15, -0.1) is 0 Å². The summed E-state index contributed by atoms with van der Waals surface area (Å²) in [7, 11) is 0. The molecule has 0 radical (unpaired) electrons. The summed E-state index contributed by atoms with van der Waals surface area (Å²) in [6.45, 7) is 6.28. The number of allylic oxidation sites excluding steroid dienone is 30. The van der Waals surface area contributed by atoms with Gasteiger partial charge in [-0.1, -0.05) is 261 Å². The molecule has 81 heavy (non-hydrogen) atoms. The van der Waals surface area contributed by atoms with Crippen LogP contribution >= 0.6 is 0 Å². The molecule has 6 nitrogen and oxygen atoms in total.